The molecule has 0 N–H and O–H groups in total. The molecule has 0 aromatic heterocycles. The van der Waals surface area contributed by atoms with Gasteiger partial charge < -0.3 is 9.47 Å². The molecule has 1 unspecified atom stereocenters. The standard InChI is InChI=1S/C13H25BrO2/c1-3-5-6-8-11(4-2)16-13-12(14)9-7-10-15-13/h11-13H,3-10H2,1-2H3/t11?,12-,13+/m0/s1. The Morgan fingerprint density at radius 2 is 2.19 bits per heavy atom. The predicted molar refractivity (Wildman–Crippen MR) is 71.0 cm³/mol. The number of ether oxygens (including phenoxy) is 2. The Morgan fingerprint density at radius 1 is 1.38 bits per heavy atom. The first-order chi connectivity index (χ1) is 7.77. The van der Waals surface area contributed by atoms with Gasteiger partial charge in [-0.2, -0.15) is 0 Å². The first-order valence-corrected chi connectivity index (χ1v) is 7.60. The van der Waals surface area contributed by atoms with Gasteiger partial charge in [0.25, 0.3) is 0 Å². The molecule has 0 spiro atoms. The molecule has 0 saturated carbocycles. The number of hydrogen-bond donors (Lipinski definition) is 0. The van der Waals surface area contributed by atoms with Crippen LogP contribution in [0.2, 0.25) is 0 Å². The minimum Gasteiger partial charge on any atom is -0.351 e. The predicted octanol–water partition coefficient (Wildman–Crippen LogP) is 4.26. The highest BCUT2D eigenvalue weighted by molar-refractivity contribution is 9.09. The van der Waals surface area contributed by atoms with E-state index in [1.165, 1.54) is 25.7 Å². The summed E-state index contributed by atoms with van der Waals surface area (Å²) in [7, 11) is 0. The fourth-order valence-electron chi connectivity index (χ4n) is 2.02. The van der Waals surface area contributed by atoms with Crippen molar-refractivity contribution in [3.8, 4) is 0 Å². The summed E-state index contributed by atoms with van der Waals surface area (Å²) in [5.41, 5.74) is 0. The maximum absolute atomic E-state index is 6.03. The molecular weight excluding hydrogens is 268 g/mol. The normalized spacial score (nSPS) is 27.9. The Hall–Kier alpha value is 0.400. The average Bonchev–Trinajstić information content (AvgIpc) is 2.30. The third-order valence-electron chi connectivity index (χ3n) is 3.11. The van der Waals surface area contributed by atoms with Crippen molar-refractivity contribution in [1.82, 2.24) is 0 Å². The zero-order chi connectivity index (χ0) is 11.8. The second-order valence-electron chi connectivity index (χ2n) is 4.56. The Labute approximate surface area is 108 Å². The lowest BCUT2D eigenvalue weighted by molar-refractivity contribution is -0.185. The monoisotopic (exact) mass is 292 g/mol. The van der Waals surface area contributed by atoms with Crippen molar-refractivity contribution in [1.29, 1.82) is 0 Å². The molecule has 0 radical (unpaired) electrons. The molecule has 1 heterocycles. The summed E-state index contributed by atoms with van der Waals surface area (Å²) in [6.45, 7) is 5.28. The summed E-state index contributed by atoms with van der Waals surface area (Å²) in [6, 6.07) is 0. The lowest BCUT2D eigenvalue weighted by atomic mass is 10.1. The van der Waals surface area contributed by atoms with Gasteiger partial charge in [-0.05, 0) is 25.7 Å². The molecule has 0 aromatic rings. The molecule has 0 bridgehead atoms. The minimum absolute atomic E-state index is 0.0275. The molecule has 3 atom stereocenters. The van der Waals surface area contributed by atoms with Crippen LogP contribution in [-0.2, 0) is 9.47 Å². The molecular formula is C13H25BrO2. The van der Waals surface area contributed by atoms with Crippen molar-refractivity contribution in [3.63, 3.8) is 0 Å². The van der Waals surface area contributed by atoms with Gasteiger partial charge in [-0.15, -0.1) is 0 Å². The summed E-state index contributed by atoms with van der Waals surface area (Å²) >= 11 is 3.64. The Kier molecular flexibility index (Phi) is 7.67. The van der Waals surface area contributed by atoms with E-state index in [1.54, 1.807) is 0 Å². The van der Waals surface area contributed by atoms with E-state index in [1.807, 2.05) is 0 Å². The van der Waals surface area contributed by atoms with Gasteiger partial charge in [0.15, 0.2) is 6.29 Å². The zero-order valence-corrected chi connectivity index (χ0v) is 12.2. The van der Waals surface area contributed by atoms with Crippen molar-refractivity contribution in [2.24, 2.45) is 0 Å². The van der Waals surface area contributed by atoms with E-state index >= 15 is 0 Å². The largest absolute Gasteiger partial charge is 0.351 e. The summed E-state index contributed by atoms with van der Waals surface area (Å²) in [5, 5.41) is 0. The highest BCUT2D eigenvalue weighted by Gasteiger charge is 2.26. The summed E-state index contributed by atoms with van der Waals surface area (Å²) in [6.07, 6.45) is 8.76. The van der Waals surface area contributed by atoms with E-state index in [-0.39, 0.29) is 6.29 Å². The van der Waals surface area contributed by atoms with Crippen LogP contribution in [0.3, 0.4) is 0 Å². The fourth-order valence-corrected chi connectivity index (χ4v) is 2.62. The second-order valence-corrected chi connectivity index (χ2v) is 5.74. The van der Waals surface area contributed by atoms with Crippen LogP contribution in [-0.4, -0.2) is 23.8 Å². The first-order valence-electron chi connectivity index (χ1n) is 6.69. The van der Waals surface area contributed by atoms with Gasteiger partial charge in [0, 0.05) is 6.61 Å². The van der Waals surface area contributed by atoms with Crippen LogP contribution in [0.25, 0.3) is 0 Å². The smallest absolute Gasteiger partial charge is 0.170 e. The van der Waals surface area contributed by atoms with Crippen LogP contribution in [0.1, 0.15) is 58.8 Å². The lowest BCUT2D eigenvalue weighted by Crippen LogP contribution is -2.35. The molecule has 1 saturated heterocycles. The first kappa shape index (κ1) is 14.5. The van der Waals surface area contributed by atoms with Gasteiger partial charge >= 0.3 is 0 Å². The third kappa shape index (κ3) is 5.15. The van der Waals surface area contributed by atoms with E-state index in [4.69, 9.17) is 9.47 Å². The van der Waals surface area contributed by atoms with Gasteiger partial charge in [0.05, 0.1) is 10.9 Å². The van der Waals surface area contributed by atoms with Gasteiger partial charge in [-0.1, -0.05) is 49.0 Å². The van der Waals surface area contributed by atoms with Gasteiger partial charge in [0.2, 0.25) is 0 Å². The number of halogens is 1. The molecule has 2 nitrogen and oxygen atoms in total. The van der Waals surface area contributed by atoms with E-state index in [2.05, 4.69) is 29.8 Å². The van der Waals surface area contributed by atoms with Crippen LogP contribution in [0.4, 0.5) is 0 Å². The van der Waals surface area contributed by atoms with E-state index in [9.17, 15) is 0 Å². The number of alkyl halides is 1. The number of hydrogen-bond acceptors (Lipinski definition) is 2. The molecule has 0 aromatic carbocycles. The lowest BCUT2D eigenvalue weighted by Gasteiger charge is -2.31. The molecule has 1 aliphatic heterocycles. The molecule has 1 rings (SSSR count). The zero-order valence-electron chi connectivity index (χ0n) is 10.6. The molecule has 0 amide bonds. The summed E-state index contributed by atoms with van der Waals surface area (Å²) in [5.74, 6) is 0. The van der Waals surface area contributed by atoms with Crippen LogP contribution in [0, 0.1) is 0 Å². The van der Waals surface area contributed by atoms with E-state index in [0.717, 1.165) is 25.9 Å². The van der Waals surface area contributed by atoms with Crippen molar-refractivity contribution >= 4 is 15.9 Å². The van der Waals surface area contributed by atoms with Gasteiger partial charge in [-0.25, -0.2) is 0 Å². The third-order valence-corrected chi connectivity index (χ3v) is 4.00. The topological polar surface area (TPSA) is 18.5 Å². The number of rotatable bonds is 7. The van der Waals surface area contributed by atoms with Crippen LogP contribution in [0.5, 0.6) is 0 Å². The highest BCUT2D eigenvalue weighted by Crippen LogP contribution is 2.24. The fraction of sp³-hybridized carbons (Fsp3) is 1.00. The second kappa shape index (κ2) is 8.48. The van der Waals surface area contributed by atoms with Crippen molar-refractivity contribution in [2.45, 2.75) is 76.0 Å². The Morgan fingerprint density at radius 3 is 2.81 bits per heavy atom. The summed E-state index contributed by atoms with van der Waals surface area (Å²) < 4.78 is 11.7. The quantitative estimate of drug-likeness (QED) is 0.516. The van der Waals surface area contributed by atoms with Gasteiger partial charge in [0.1, 0.15) is 0 Å². The SMILES string of the molecule is CCCCCC(CC)O[C@H]1OCCC[C@@H]1Br. The van der Waals surface area contributed by atoms with Crippen LogP contribution < -0.4 is 0 Å². The molecule has 1 aliphatic rings. The number of unbranched alkanes of at least 4 members (excludes halogenated alkanes) is 2. The molecule has 16 heavy (non-hydrogen) atoms. The Balaban J connectivity index is 2.24. The molecule has 3 heteroatoms. The maximum atomic E-state index is 6.03. The molecule has 96 valence electrons. The van der Waals surface area contributed by atoms with Crippen molar-refractivity contribution in [3.05, 3.63) is 0 Å². The van der Waals surface area contributed by atoms with Crippen LogP contribution >= 0.6 is 15.9 Å². The van der Waals surface area contributed by atoms with Crippen molar-refractivity contribution < 1.29 is 9.47 Å². The summed E-state index contributed by atoms with van der Waals surface area (Å²) in [4.78, 5) is 0.376. The van der Waals surface area contributed by atoms with Crippen molar-refractivity contribution in [2.75, 3.05) is 6.61 Å². The minimum atomic E-state index is -0.0275. The van der Waals surface area contributed by atoms with Gasteiger partial charge in [-0.3, -0.25) is 0 Å². The Bertz CT molecular complexity index is 175. The van der Waals surface area contributed by atoms with Crippen LogP contribution in [0.15, 0.2) is 0 Å². The highest BCUT2D eigenvalue weighted by atomic mass is 79.9. The van der Waals surface area contributed by atoms with E-state index < -0.39 is 0 Å². The maximum Gasteiger partial charge on any atom is 0.170 e. The molecule has 0 aliphatic carbocycles. The molecule has 1 fully saturated rings. The van der Waals surface area contributed by atoms with E-state index in [0.29, 0.717) is 10.9 Å². The average molecular weight is 293 g/mol.